The molecule has 1 heterocycles. The van der Waals surface area contributed by atoms with Crippen molar-refractivity contribution in [1.82, 2.24) is 0 Å². The molecule has 1 aromatic heterocycles. The minimum absolute atomic E-state index is 0.386. The van der Waals surface area contributed by atoms with Crippen LogP contribution < -0.4 is 11.1 Å². The van der Waals surface area contributed by atoms with Gasteiger partial charge in [0.05, 0.1) is 5.56 Å². The van der Waals surface area contributed by atoms with Crippen LogP contribution in [-0.4, -0.2) is 29.1 Å². The first-order valence-electron chi connectivity index (χ1n) is 9.04. The lowest BCUT2D eigenvalue weighted by Gasteiger charge is -2.16. The molecule has 1 aromatic carbocycles. The molecule has 0 radical (unpaired) electrons. The van der Waals surface area contributed by atoms with Crippen molar-refractivity contribution in [3.63, 3.8) is 0 Å². The molecule has 6 nitrogen and oxygen atoms in total. The summed E-state index contributed by atoms with van der Waals surface area (Å²) in [5.41, 5.74) is 6.83. The van der Waals surface area contributed by atoms with Crippen molar-refractivity contribution >= 4 is 45.9 Å². The molecule has 0 fully saturated rings. The Morgan fingerprint density at radius 3 is 2.57 bits per heavy atom. The monoisotopic (exact) mass is 418 g/mol. The van der Waals surface area contributed by atoms with E-state index in [0.29, 0.717) is 10.6 Å². The number of anilines is 1. The van der Waals surface area contributed by atoms with Gasteiger partial charge in [-0.2, -0.15) is 0 Å². The summed E-state index contributed by atoms with van der Waals surface area (Å²) < 4.78 is 5.31. The van der Waals surface area contributed by atoms with Gasteiger partial charge in [0.15, 0.2) is 6.10 Å². The second kappa shape index (κ2) is 8.79. The average molecular weight is 419 g/mol. The van der Waals surface area contributed by atoms with Crippen LogP contribution in [0.5, 0.6) is 0 Å². The van der Waals surface area contributed by atoms with Gasteiger partial charge in [-0.1, -0.05) is 18.2 Å². The predicted octanol–water partition coefficient (Wildman–Crippen LogP) is 3.39. The van der Waals surface area contributed by atoms with Crippen LogP contribution in [0.2, 0.25) is 0 Å². The number of ether oxygens (including phenoxy) is 1. The van der Waals surface area contributed by atoms with Gasteiger partial charge >= 0.3 is 5.97 Å². The molecule has 0 unspecified atom stereocenters. The third kappa shape index (κ3) is 4.56. The van der Waals surface area contributed by atoms with Crippen molar-refractivity contribution in [3.8, 4) is 0 Å². The van der Waals surface area contributed by atoms with Crippen LogP contribution in [0.1, 0.15) is 41.1 Å². The molecule has 2 amide bonds. The maximum Gasteiger partial charge on any atom is 0.319 e. The first-order valence-corrected chi connectivity index (χ1v) is 10.7. The smallest absolute Gasteiger partial charge is 0.319 e. The molecule has 0 saturated carbocycles. The van der Waals surface area contributed by atoms with Gasteiger partial charge in [0.2, 0.25) is 0 Å². The van der Waals surface area contributed by atoms with Gasteiger partial charge in [0, 0.05) is 9.77 Å². The first-order chi connectivity index (χ1) is 13.4. The van der Waals surface area contributed by atoms with Gasteiger partial charge in [-0.15, -0.1) is 23.1 Å². The Labute approximate surface area is 171 Å². The van der Waals surface area contributed by atoms with E-state index in [1.165, 1.54) is 30.0 Å². The summed E-state index contributed by atoms with van der Waals surface area (Å²) in [6.07, 6.45) is 1.68. The summed E-state index contributed by atoms with van der Waals surface area (Å²) in [4.78, 5) is 38.7. The van der Waals surface area contributed by atoms with E-state index in [-0.39, 0.29) is 0 Å². The molecule has 0 aliphatic heterocycles. The van der Waals surface area contributed by atoms with E-state index in [1.54, 1.807) is 6.92 Å². The Morgan fingerprint density at radius 1 is 1.18 bits per heavy atom. The number of primary amides is 1. The van der Waals surface area contributed by atoms with E-state index in [4.69, 9.17) is 10.5 Å². The molecule has 3 N–H and O–H groups in total. The van der Waals surface area contributed by atoms with E-state index in [2.05, 4.69) is 5.32 Å². The number of thiophene rings is 1. The highest BCUT2D eigenvalue weighted by atomic mass is 32.2. The van der Waals surface area contributed by atoms with Crippen molar-refractivity contribution in [2.24, 2.45) is 5.73 Å². The zero-order valence-electron chi connectivity index (χ0n) is 15.7. The predicted molar refractivity (Wildman–Crippen MR) is 111 cm³/mol. The molecule has 3 rings (SSSR count). The van der Waals surface area contributed by atoms with Crippen molar-refractivity contribution < 1.29 is 19.1 Å². The molecule has 148 valence electrons. The van der Waals surface area contributed by atoms with E-state index in [9.17, 15) is 14.4 Å². The Hall–Kier alpha value is -2.32. The molecule has 1 aliphatic rings. The van der Waals surface area contributed by atoms with Gasteiger partial charge < -0.3 is 15.8 Å². The summed E-state index contributed by atoms with van der Waals surface area (Å²) in [5.74, 6) is -1.50. The van der Waals surface area contributed by atoms with E-state index >= 15 is 0 Å². The molecule has 8 heteroatoms. The molecular formula is C20H22N2O4S2. The molecule has 0 saturated heterocycles. The minimum atomic E-state index is -0.982. The Kier molecular flexibility index (Phi) is 6.41. The Balaban J connectivity index is 1.60. The zero-order chi connectivity index (χ0) is 20.3. The Morgan fingerprint density at radius 2 is 1.89 bits per heavy atom. The number of nitrogens with one attached hydrogen (secondary N) is 1. The highest BCUT2D eigenvalue weighted by Gasteiger charge is 2.28. The fourth-order valence-electron chi connectivity index (χ4n) is 3.04. The van der Waals surface area contributed by atoms with Crippen molar-refractivity contribution in [2.75, 3.05) is 5.32 Å². The maximum absolute atomic E-state index is 12.5. The highest BCUT2D eigenvalue weighted by Crippen LogP contribution is 2.38. The lowest BCUT2D eigenvalue weighted by molar-refractivity contribution is -0.152. The summed E-state index contributed by atoms with van der Waals surface area (Å²) in [5, 5.41) is 2.70. The van der Waals surface area contributed by atoms with Crippen molar-refractivity contribution in [1.29, 1.82) is 0 Å². The number of nitrogens with two attached hydrogens (primary N) is 1. The molecular weight excluding hydrogens is 396 g/mol. The van der Waals surface area contributed by atoms with Crippen LogP contribution in [0.4, 0.5) is 5.00 Å². The Bertz CT molecular complexity index is 895. The molecule has 0 bridgehead atoms. The number of carbonyl (C=O) groups excluding carboxylic acids is 3. The number of fused-ring (bicyclic) bond motifs is 1. The fourth-order valence-corrected chi connectivity index (χ4v) is 5.21. The zero-order valence-corrected chi connectivity index (χ0v) is 17.3. The minimum Gasteiger partial charge on any atom is -0.452 e. The van der Waals surface area contributed by atoms with Crippen LogP contribution in [-0.2, 0) is 27.2 Å². The lowest BCUT2D eigenvalue weighted by Crippen LogP contribution is -2.32. The number of benzene rings is 1. The number of esters is 1. The van der Waals surface area contributed by atoms with Crippen LogP contribution in [0.15, 0.2) is 35.2 Å². The van der Waals surface area contributed by atoms with Crippen LogP contribution in [0, 0.1) is 0 Å². The number of aryl methyl sites for hydroxylation is 1. The largest absolute Gasteiger partial charge is 0.452 e. The van der Waals surface area contributed by atoms with Crippen molar-refractivity contribution in [3.05, 3.63) is 46.3 Å². The molecule has 2 atom stereocenters. The topological polar surface area (TPSA) is 98.5 Å². The number of rotatable bonds is 7. The summed E-state index contributed by atoms with van der Waals surface area (Å²) >= 11 is 2.74. The van der Waals surface area contributed by atoms with Gasteiger partial charge in [0.25, 0.3) is 11.8 Å². The molecule has 2 aromatic rings. The number of thioether (sulfide) groups is 1. The van der Waals surface area contributed by atoms with Gasteiger partial charge in [-0.05, 0) is 50.8 Å². The fraction of sp³-hybridized carbons (Fsp3) is 0.350. The van der Waals surface area contributed by atoms with Crippen LogP contribution in [0.25, 0.3) is 0 Å². The van der Waals surface area contributed by atoms with E-state index in [1.807, 2.05) is 30.3 Å². The number of hydrogen-bond donors (Lipinski definition) is 2. The quantitative estimate of drug-likeness (QED) is 0.530. The van der Waals surface area contributed by atoms with E-state index < -0.39 is 29.1 Å². The standard InChI is InChI=1S/C20H22N2O4S2/c1-11(26-20(25)12(2)27-13-7-4-3-5-8-13)18(24)22-19-16(17(21)23)14-9-6-10-15(14)28-19/h3-5,7-8,11-12H,6,9-10H2,1-2H3,(H2,21,23)(H,22,24)/t11-,12+/m0/s1. The lowest BCUT2D eigenvalue weighted by atomic mass is 10.1. The van der Waals surface area contributed by atoms with Gasteiger partial charge in [-0.3, -0.25) is 14.4 Å². The SMILES string of the molecule is C[C@H](OC(=O)[C@@H](C)Sc1ccccc1)C(=O)Nc1sc2c(c1C(N)=O)CCC2. The van der Waals surface area contributed by atoms with Gasteiger partial charge in [0.1, 0.15) is 10.3 Å². The highest BCUT2D eigenvalue weighted by molar-refractivity contribution is 8.00. The van der Waals surface area contributed by atoms with Gasteiger partial charge in [-0.25, -0.2) is 0 Å². The number of carbonyl (C=O) groups is 3. The first kappa shape index (κ1) is 20.4. The summed E-state index contributed by atoms with van der Waals surface area (Å²) in [6, 6.07) is 9.51. The molecule has 1 aliphatic carbocycles. The number of amides is 2. The third-order valence-corrected chi connectivity index (χ3v) is 6.75. The second-order valence-corrected chi connectivity index (χ2v) is 9.09. The molecule has 0 spiro atoms. The maximum atomic E-state index is 12.5. The molecule has 28 heavy (non-hydrogen) atoms. The summed E-state index contributed by atoms with van der Waals surface area (Å²) in [6.45, 7) is 3.25. The second-order valence-electron chi connectivity index (χ2n) is 6.57. The van der Waals surface area contributed by atoms with Crippen LogP contribution in [0.3, 0.4) is 0 Å². The summed E-state index contributed by atoms with van der Waals surface area (Å²) in [7, 11) is 0. The van der Waals surface area contributed by atoms with Crippen molar-refractivity contribution in [2.45, 2.75) is 49.4 Å². The third-order valence-electron chi connectivity index (χ3n) is 4.45. The number of hydrogen-bond acceptors (Lipinski definition) is 6. The normalized spacial score (nSPS) is 14.8. The average Bonchev–Trinajstić information content (AvgIpc) is 3.22. The van der Waals surface area contributed by atoms with E-state index in [0.717, 1.165) is 34.6 Å². The van der Waals surface area contributed by atoms with Crippen LogP contribution >= 0.6 is 23.1 Å².